The fourth-order valence-electron chi connectivity index (χ4n) is 3.43. The summed E-state index contributed by atoms with van der Waals surface area (Å²) in [6.45, 7) is 4.77. The molecule has 2 fully saturated rings. The Kier molecular flexibility index (Phi) is 5.94. The summed E-state index contributed by atoms with van der Waals surface area (Å²) in [4.78, 5) is 38.5. The standard InChI is InChI=1S/C21H26N2O4/c1-14(2)13-27-17-10-8-15(9-11-17)12-18-19(24)22-21(26)23(20(18)25)16-6-4-3-5-7-16/h8-12,14,16H,3-7,13H2,1-2H3,(H,22,24,26)/b18-12+. The van der Waals surface area contributed by atoms with Crippen molar-refractivity contribution in [2.24, 2.45) is 5.92 Å². The Morgan fingerprint density at radius 2 is 1.78 bits per heavy atom. The first-order chi connectivity index (χ1) is 13.0. The molecule has 0 spiro atoms. The van der Waals surface area contributed by atoms with E-state index in [1.807, 2.05) is 12.1 Å². The largest absolute Gasteiger partial charge is 0.493 e. The summed E-state index contributed by atoms with van der Waals surface area (Å²) in [5, 5.41) is 2.31. The third-order valence-electron chi connectivity index (χ3n) is 4.85. The quantitative estimate of drug-likeness (QED) is 0.636. The van der Waals surface area contributed by atoms with E-state index in [-0.39, 0.29) is 11.6 Å². The summed E-state index contributed by atoms with van der Waals surface area (Å²) in [5.74, 6) is 0.0240. The lowest BCUT2D eigenvalue weighted by molar-refractivity contribution is -0.132. The van der Waals surface area contributed by atoms with E-state index in [9.17, 15) is 14.4 Å². The van der Waals surface area contributed by atoms with Gasteiger partial charge in [0.2, 0.25) is 0 Å². The zero-order chi connectivity index (χ0) is 19.4. The second-order valence-electron chi connectivity index (χ2n) is 7.56. The van der Waals surface area contributed by atoms with Gasteiger partial charge < -0.3 is 4.74 Å². The highest BCUT2D eigenvalue weighted by Crippen LogP contribution is 2.26. The molecule has 1 aromatic rings. The van der Waals surface area contributed by atoms with Gasteiger partial charge >= 0.3 is 6.03 Å². The third kappa shape index (κ3) is 4.56. The summed E-state index contributed by atoms with van der Waals surface area (Å²) >= 11 is 0. The molecule has 27 heavy (non-hydrogen) atoms. The van der Waals surface area contributed by atoms with Crippen LogP contribution in [0.3, 0.4) is 0 Å². The first kappa shape index (κ1) is 19.1. The SMILES string of the molecule is CC(C)COc1ccc(/C=C2\C(=O)NC(=O)N(C3CCCCC3)C2=O)cc1. The molecule has 4 amide bonds. The number of barbiturate groups is 1. The number of carbonyl (C=O) groups is 3. The topological polar surface area (TPSA) is 75.7 Å². The van der Waals surface area contributed by atoms with Crippen LogP contribution < -0.4 is 10.1 Å². The van der Waals surface area contributed by atoms with Crippen molar-refractivity contribution in [2.45, 2.75) is 52.0 Å². The van der Waals surface area contributed by atoms with E-state index in [4.69, 9.17) is 4.74 Å². The predicted octanol–water partition coefficient (Wildman–Crippen LogP) is 3.52. The number of nitrogens with one attached hydrogen (secondary N) is 1. The van der Waals surface area contributed by atoms with Crippen molar-refractivity contribution in [2.75, 3.05) is 6.61 Å². The summed E-state index contributed by atoms with van der Waals surface area (Å²) in [7, 11) is 0. The van der Waals surface area contributed by atoms with Gasteiger partial charge in [0.15, 0.2) is 0 Å². The highest BCUT2D eigenvalue weighted by atomic mass is 16.5. The summed E-state index contributed by atoms with van der Waals surface area (Å²) in [6, 6.07) is 6.48. The molecule has 3 rings (SSSR count). The van der Waals surface area contributed by atoms with Crippen molar-refractivity contribution in [3.63, 3.8) is 0 Å². The minimum atomic E-state index is -0.641. The molecule has 0 bridgehead atoms. The number of imide groups is 2. The minimum Gasteiger partial charge on any atom is -0.493 e. The van der Waals surface area contributed by atoms with E-state index in [1.54, 1.807) is 12.1 Å². The molecule has 1 aromatic carbocycles. The molecular weight excluding hydrogens is 344 g/mol. The van der Waals surface area contributed by atoms with Crippen LogP contribution in [0.1, 0.15) is 51.5 Å². The van der Waals surface area contributed by atoms with Gasteiger partial charge in [-0.2, -0.15) is 0 Å². The normalized spacial score (nSPS) is 20.3. The summed E-state index contributed by atoms with van der Waals surface area (Å²) in [5.41, 5.74) is 0.708. The zero-order valence-corrected chi connectivity index (χ0v) is 15.9. The molecule has 6 heteroatoms. The van der Waals surface area contributed by atoms with E-state index >= 15 is 0 Å². The maximum Gasteiger partial charge on any atom is 0.331 e. The van der Waals surface area contributed by atoms with E-state index in [0.29, 0.717) is 18.1 Å². The van der Waals surface area contributed by atoms with Gasteiger partial charge in [-0.3, -0.25) is 19.8 Å². The number of rotatable bonds is 5. The smallest absolute Gasteiger partial charge is 0.331 e. The van der Waals surface area contributed by atoms with Crippen LogP contribution in [0, 0.1) is 5.92 Å². The first-order valence-electron chi connectivity index (χ1n) is 9.59. The lowest BCUT2D eigenvalue weighted by Crippen LogP contribution is -2.58. The lowest BCUT2D eigenvalue weighted by Gasteiger charge is -2.35. The van der Waals surface area contributed by atoms with Crippen LogP contribution in [0.5, 0.6) is 5.75 Å². The Morgan fingerprint density at radius 3 is 2.41 bits per heavy atom. The average Bonchev–Trinajstić information content (AvgIpc) is 2.65. The Balaban J connectivity index is 1.78. The number of ether oxygens (including phenoxy) is 1. The van der Waals surface area contributed by atoms with Crippen molar-refractivity contribution in [1.29, 1.82) is 0 Å². The highest BCUT2D eigenvalue weighted by Gasteiger charge is 2.40. The maximum atomic E-state index is 12.8. The average molecular weight is 370 g/mol. The van der Waals surface area contributed by atoms with Gasteiger partial charge in [0.25, 0.3) is 11.8 Å². The molecule has 0 atom stereocenters. The molecule has 0 aromatic heterocycles. The van der Waals surface area contributed by atoms with Crippen LogP contribution in [0.15, 0.2) is 29.8 Å². The van der Waals surface area contributed by atoms with Crippen molar-refractivity contribution in [3.05, 3.63) is 35.4 Å². The second-order valence-corrected chi connectivity index (χ2v) is 7.56. The Morgan fingerprint density at radius 1 is 1.11 bits per heavy atom. The van der Waals surface area contributed by atoms with Crippen LogP contribution >= 0.6 is 0 Å². The van der Waals surface area contributed by atoms with E-state index in [0.717, 1.165) is 37.9 Å². The van der Waals surface area contributed by atoms with Crippen LogP contribution in [-0.4, -0.2) is 35.4 Å². The number of nitrogens with zero attached hydrogens (tertiary/aromatic N) is 1. The summed E-state index contributed by atoms with van der Waals surface area (Å²) < 4.78 is 5.65. The molecule has 0 unspecified atom stereocenters. The fraction of sp³-hybridized carbons (Fsp3) is 0.476. The molecule has 1 saturated heterocycles. The van der Waals surface area contributed by atoms with E-state index in [1.165, 1.54) is 11.0 Å². The van der Waals surface area contributed by atoms with Crippen LogP contribution in [-0.2, 0) is 9.59 Å². The van der Waals surface area contributed by atoms with Gasteiger partial charge in [-0.15, -0.1) is 0 Å². The van der Waals surface area contributed by atoms with Gasteiger partial charge in [-0.25, -0.2) is 4.79 Å². The maximum absolute atomic E-state index is 12.8. The predicted molar refractivity (Wildman–Crippen MR) is 102 cm³/mol. The lowest BCUT2D eigenvalue weighted by atomic mass is 9.93. The number of benzene rings is 1. The van der Waals surface area contributed by atoms with Gasteiger partial charge in [-0.05, 0) is 42.5 Å². The van der Waals surface area contributed by atoms with Crippen molar-refractivity contribution in [1.82, 2.24) is 10.2 Å². The molecule has 1 aliphatic carbocycles. The van der Waals surface area contributed by atoms with Crippen molar-refractivity contribution < 1.29 is 19.1 Å². The Bertz CT molecular complexity index is 746. The van der Waals surface area contributed by atoms with E-state index < -0.39 is 17.8 Å². The van der Waals surface area contributed by atoms with Crippen molar-refractivity contribution >= 4 is 23.9 Å². The minimum absolute atomic E-state index is 0.00368. The van der Waals surface area contributed by atoms with Gasteiger partial charge in [0.1, 0.15) is 11.3 Å². The summed E-state index contributed by atoms with van der Waals surface area (Å²) in [6.07, 6.45) is 6.23. The van der Waals surface area contributed by atoms with Crippen LogP contribution in [0.4, 0.5) is 4.79 Å². The number of amides is 4. The number of carbonyl (C=O) groups excluding carboxylic acids is 3. The van der Waals surface area contributed by atoms with Crippen molar-refractivity contribution in [3.8, 4) is 5.75 Å². The number of urea groups is 1. The number of hydrogen-bond donors (Lipinski definition) is 1. The molecule has 0 radical (unpaired) electrons. The van der Waals surface area contributed by atoms with Crippen LogP contribution in [0.2, 0.25) is 0 Å². The Hall–Kier alpha value is -2.63. The first-order valence-corrected chi connectivity index (χ1v) is 9.59. The Labute approximate surface area is 159 Å². The van der Waals surface area contributed by atoms with Gasteiger partial charge in [0, 0.05) is 6.04 Å². The monoisotopic (exact) mass is 370 g/mol. The molecule has 1 saturated carbocycles. The molecule has 144 valence electrons. The molecule has 2 aliphatic rings. The van der Waals surface area contributed by atoms with Gasteiger partial charge in [-0.1, -0.05) is 45.2 Å². The van der Waals surface area contributed by atoms with Crippen LogP contribution in [0.25, 0.3) is 6.08 Å². The molecule has 1 aliphatic heterocycles. The fourth-order valence-corrected chi connectivity index (χ4v) is 3.43. The highest BCUT2D eigenvalue weighted by molar-refractivity contribution is 6.31. The zero-order valence-electron chi connectivity index (χ0n) is 15.9. The van der Waals surface area contributed by atoms with E-state index in [2.05, 4.69) is 19.2 Å². The molecular formula is C21H26N2O4. The molecule has 1 N–H and O–H groups in total. The molecule has 1 heterocycles. The van der Waals surface area contributed by atoms with Gasteiger partial charge in [0.05, 0.1) is 6.61 Å². The number of hydrogen-bond acceptors (Lipinski definition) is 4. The third-order valence-corrected chi connectivity index (χ3v) is 4.85. The molecule has 6 nitrogen and oxygen atoms in total. The second kappa shape index (κ2) is 8.37.